The molecule has 0 radical (unpaired) electrons. The van der Waals surface area contributed by atoms with Crippen LogP contribution in [-0.2, 0) is 5.41 Å². The topological polar surface area (TPSA) is 102 Å². The zero-order valence-electron chi connectivity index (χ0n) is 16.0. The molecule has 8 nitrogen and oxygen atoms in total. The molecule has 0 atom stereocenters. The maximum Gasteiger partial charge on any atom is 0.405 e. The van der Waals surface area contributed by atoms with E-state index in [-0.39, 0.29) is 11.0 Å². The van der Waals surface area contributed by atoms with E-state index in [1.165, 1.54) is 0 Å². The fourth-order valence-corrected chi connectivity index (χ4v) is 4.76. The Labute approximate surface area is 167 Å². The Kier molecular flexibility index (Phi) is 3.84. The second-order valence-electron chi connectivity index (χ2n) is 7.85. The van der Waals surface area contributed by atoms with Gasteiger partial charge in [0.15, 0.2) is 5.82 Å². The molecule has 2 heterocycles. The molecule has 1 aromatic carbocycles. The van der Waals surface area contributed by atoms with Crippen molar-refractivity contribution < 1.29 is 14.6 Å². The van der Waals surface area contributed by atoms with Crippen LogP contribution < -0.4 is 10.1 Å². The summed E-state index contributed by atoms with van der Waals surface area (Å²) in [5.74, 6) is 2.24. The molecule has 1 amide bonds. The largest absolute Gasteiger partial charge is 0.492 e. The van der Waals surface area contributed by atoms with E-state index in [1.54, 1.807) is 6.20 Å². The second-order valence-corrected chi connectivity index (χ2v) is 7.85. The molecule has 29 heavy (non-hydrogen) atoms. The monoisotopic (exact) mass is 391 g/mol. The lowest BCUT2D eigenvalue weighted by molar-refractivity contribution is -0.0887. The minimum atomic E-state index is -0.970. The zero-order chi connectivity index (χ0) is 20.1. The molecule has 0 aliphatic heterocycles. The van der Waals surface area contributed by atoms with Crippen LogP contribution in [-0.4, -0.2) is 43.1 Å². The highest BCUT2D eigenvalue weighted by Crippen LogP contribution is 2.67. The standard InChI is InChI=1S/C21H21N5O3/c1-2-29-15-8-9-16(22-10-15)17-24-25-18(26(17)14-6-4-3-5-7-14)20-11-21(12-20,13-20)23-19(27)28/h3-10,23H,2,11-13H2,1H3,(H,27,28). The van der Waals surface area contributed by atoms with E-state index in [9.17, 15) is 4.79 Å². The van der Waals surface area contributed by atoms with E-state index in [2.05, 4.69) is 20.5 Å². The van der Waals surface area contributed by atoms with Gasteiger partial charge in [0, 0.05) is 16.6 Å². The van der Waals surface area contributed by atoms with Crippen molar-refractivity contribution in [3.63, 3.8) is 0 Å². The number of hydrogen-bond acceptors (Lipinski definition) is 5. The first kappa shape index (κ1) is 17.7. The van der Waals surface area contributed by atoms with Crippen molar-refractivity contribution in [1.82, 2.24) is 25.1 Å². The van der Waals surface area contributed by atoms with Crippen LogP contribution in [0.25, 0.3) is 17.2 Å². The third kappa shape index (κ3) is 2.74. The van der Waals surface area contributed by atoms with Gasteiger partial charge in [0.05, 0.1) is 12.8 Å². The maximum absolute atomic E-state index is 11.1. The lowest BCUT2D eigenvalue weighted by atomic mass is 9.39. The van der Waals surface area contributed by atoms with Crippen molar-refractivity contribution in [1.29, 1.82) is 0 Å². The van der Waals surface area contributed by atoms with Gasteiger partial charge < -0.3 is 15.2 Å². The Morgan fingerprint density at radius 2 is 1.93 bits per heavy atom. The van der Waals surface area contributed by atoms with Crippen molar-refractivity contribution in [3.8, 4) is 23.0 Å². The Morgan fingerprint density at radius 1 is 1.17 bits per heavy atom. The fraction of sp³-hybridized carbons (Fsp3) is 0.333. The predicted octanol–water partition coefficient (Wildman–Crippen LogP) is 3.17. The van der Waals surface area contributed by atoms with Crippen LogP contribution in [0.4, 0.5) is 4.79 Å². The van der Waals surface area contributed by atoms with Gasteiger partial charge in [0.25, 0.3) is 0 Å². The molecule has 148 valence electrons. The summed E-state index contributed by atoms with van der Waals surface area (Å²) in [5, 5.41) is 20.7. The van der Waals surface area contributed by atoms with E-state index in [1.807, 2.05) is 54.0 Å². The number of pyridine rings is 1. The summed E-state index contributed by atoms with van der Waals surface area (Å²) in [5.41, 5.74) is 1.22. The number of carbonyl (C=O) groups is 1. The molecule has 3 fully saturated rings. The van der Waals surface area contributed by atoms with Gasteiger partial charge in [-0.05, 0) is 50.5 Å². The summed E-state index contributed by atoms with van der Waals surface area (Å²) in [6.45, 7) is 2.52. The van der Waals surface area contributed by atoms with Gasteiger partial charge in [-0.3, -0.25) is 4.57 Å². The lowest BCUT2D eigenvalue weighted by Gasteiger charge is -2.69. The minimum Gasteiger partial charge on any atom is -0.492 e. The third-order valence-electron chi connectivity index (χ3n) is 5.83. The molecule has 0 spiro atoms. The van der Waals surface area contributed by atoms with Crippen molar-refractivity contribution >= 4 is 6.09 Å². The molecule has 0 unspecified atom stereocenters. The zero-order valence-corrected chi connectivity index (χ0v) is 16.0. The smallest absolute Gasteiger partial charge is 0.405 e. The van der Waals surface area contributed by atoms with Gasteiger partial charge in [-0.25, -0.2) is 9.78 Å². The van der Waals surface area contributed by atoms with Crippen molar-refractivity contribution in [3.05, 3.63) is 54.5 Å². The Morgan fingerprint density at radius 3 is 2.55 bits per heavy atom. The Hall–Kier alpha value is -3.42. The normalized spacial score (nSPS) is 24.3. The first-order valence-electron chi connectivity index (χ1n) is 9.66. The van der Waals surface area contributed by atoms with Gasteiger partial charge in [-0.15, -0.1) is 10.2 Å². The molecule has 3 saturated carbocycles. The highest BCUT2D eigenvalue weighted by molar-refractivity contribution is 5.67. The number of rotatable bonds is 6. The number of nitrogens with one attached hydrogen (secondary N) is 1. The van der Waals surface area contributed by atoms with Crippen LogP contribution in [0.3, 0.4) is 0 Å². The van der Waals surface area contributed by atoms with Crippen LogP contribution in [0, 0.1) is 0 Å². The quantitative estimate of drug-likeness (QED) is 0.669. The van der Waals surface area contributed by atoms with E-state index in [0.717, 1.165) is 30.8 Å². The molecule has 2 aromatic heterocycles. The summed E-state index contributed by atoms with van der Waals surface area (Å²) in [7, 11) is 0. The van der Waals surface area contributed by atoms with Crippen LogP contribution in [0.5, 0.6) is 5.75 Å². The molecular formula is C21H21N5O3. The summed E-state index contributed by atoms with van der Waals surface area (Å²) >= 11 is 0. The van der Waals surface area contributed by atoms with E-state index in [0.29, 0.717) is 23.9 Å². The number of nitrogens with zero attached hydrogens (tertiary/aromatic N) is 4. The van der Waals surface area contributed by atoms with Crippen molar-refractivity contribution in [2.24, 2.45) is 0 Å². The maximum atomic E-state index is 11.1. The molecule has 3 aliphatic carbocycles. The SMILES string of the molecule is CCOc1ccc(-c2nnc(C34CC(NC(=O)O)(C3)C4)n2-c2ccccc2)nc1. The summed E-state index contributed by atoms with van der Waals surface area (Å²) < 4.78 is 7.53. The second kappa shape index (κ2) is 6.30. The number of amides is 1. The average molecular weight is 391 g/mol. The summed E-state index contributed by atoms with van der Waals surface area (Å²) in [6, 6.07) is 13.7. The van der Waals surface area contributed by atoms with E-state index < -0.39 is 6.09 Å². The van der Waals surface area contributed by atoms with Gasteiger partial charge in [0.2, 0.25) is 0 Å². The van der Waals surface area contributed by atoms with Gasteiger partial charge >= 0.3 is 6.09 Å². The van der Waals surface area contributed by atoms with Crippen molar-refractivity contribution in [2.45, 2.75) is 37.1 Å². The molecule has 3 aliphatic rings. The van der Waals surface area contributed by atoms with Crippen LogP contribution >= 0.6 is 0 Å². The first-order valence-corrected chi connectivity index (χ1v) is 9.66. The predicted molar refractivity (Wildman–Crippen MR) is 105 cm³/mol. The molecule has 3 aromatic rings. The first-order chi connectivity index (χ1) is 14.0. The molecular weight excluding hydrogens is 370 g/mol. The number of para-hydroxylation sites is 1. The highest BCUT2D eigenvalue weighted by atomic mass is 16.5. The van der Waals surface area contributed by atoms with Crippen LogP contribution in [0.1, 0.15) is 32.0 Å². The third-order valence-corrected chi connectivity index (χ3v) is 5.83. The summed E-state index contributed by atoms with van der Waals surface area (Å²) in [4.78, 5) is 15.6. The number of carboxylic acid groups (broad SMARTS) is 1. The highest BCUT2D eigenvalue weighted by Gasteiger charge is 2.71. The van der Waals surface area contributed by atoms with E-state index in [4.69, 9.17) is 9.84 Å². The van der Waals surface area contributed by atoms with Gasteiger partial charge in [0.1, 0.15) is 17.3 Å². The number of ether oxygens (including phenoxy) is 1. The molecule has 2 N–H and O–H groups in total. The Balaban J connectivity index is 1.53. The number of benzene rings is 1. The molecule has 2 bridgehead atoms. The number of aromatic nitrogens is 4. The molecule has 0 saturated heterocycles. The number of hydrogen-bond donors (Lipinski definition) is 2. The van der Waals surface area contributed by atoms with Crippen LogP contribution in [0.15, 0.2) is 48.7 Å². The molecule has 8 heteroatoms. The molecule has 6 rings (SSSR count). The van der Waals surface area contributed by atoms with Gasteiger partial charge in [-0.2, -0.15) is 0 Å². The summed E-state index contributed by atoms with van der Waals surface area (Å²) in [6.07, 6.45) is 2.95. The average Bonchev–Trinajstić information content (AvgIpc) is 3.10. The van der Waals surface area contributed by atoms with Gasteiger partial charge in [-0.1, -0.05) is 18.2 Å². The van der Waals surface area contributed by atoms with E-state index >= 15 is 0 Å². The Bertz CT molecular complexity index is 1040. The fourth-order valence-electron chi connectivity index (χ4n) is 4.76. The minimum absolute atomic E-state index is 0.144. The van der Waals surface area contributed by atoms with Crippen LogP contribution in [0.2, 0.25) is 0 Å². The van der Waals surface area contributed by atoms with Crippen molar-refractivity contribution in [2.75, 3.05) is 6.61 Å². The lowest BCUT2D eigenvalue weighted by Crippen LogP contribution is -2.77.